The van der Waals surface area contributed by atoms with Crippen molar-refractivity contribution in [3.8, 4) is 5.75 Å². The van der Waals surface area contributed by atoms with Gasteiger partial charge in [-0.25, -0.2) is 28.8 Å². The molecule has 96 heavy (non-hydrogen) atoms. The van der Waals surface area contributed by atoms with Gasteiger partial charge in [0.1, 0.15) is 42.6 Å². The van der Waals surface area contributed by atoms with E-state index >= 15 is 0 Å². The number of nitrogens with one attached hydrogen (secondary N) is 6. The number of aromatic nitrogens is 5. The third-order valence-corrected chi connectivity index (χ3v) is 16.2. The Bertz CT molecular complexity index is 3840. The Morgan fingerprint density at radius 2 is 1.64 bits per heavy atom. The first-order valence-electron chi connectivity index (χ1n) is 31.0. The molecular formula is C64H78ClN15O16. The summed E-state index contributed by atoms with van der Waals surface area (Å²) in [5.41, 5.74) is 9.00. The van der Waals surface area contributed by atoms with Crippen molar-refractivity contribution in [1.29, 1.82) is 0 Å². The second-order valence-corrected chi connectivity index (χ2v) is 23.4. The van der Waals surface area contributed by atoms with Crippen molar-refractivity contribution in [1.82, 2.24) is 55.6 Å². The molecule has 4 atom stereocenters. The summed E-state index contributed by atoms with van der Waals surface area (Å²) < 4.78 is 29.3. The highest BCUT2D eigenvalue weighted by Crippen LogP contribution is 2.47. The number of rotatable bonds is 32. The molecule has 0 fully saturated rings. The molecule has 0 saturated carbocycles. The third kappa shape index (κ3) is 18.6. The number of likely N-dealkylation sites (N-methyl/N-ethyl adjacent to an activating group) is 1. The molecule has 2 aliphatic heterocycles. The average Bonchev–Trinajstić information content (AvgIpc) is 1.53. The average molecular weight is 1350 g/mol. The number of aromatic amines is 1. The van der Waals surface area contributed by atoms with E-state index in [-0.39, 0.29) is 126 Å². The number of pyridine rings is 1. The number of carbonyl (C=O) groups excluding carboxylic acids is 10. The Labute approximate surface area is 556 Å². The summed E-state index contributed by atoms with van der Waals surface area (Å²) >= 11 is 6.67. The minimum absolute atomic E-state index is 0.000155. The first-order chi connectivity index (χ1) is 46.1. The number of benzene rings is 3. The van der Waals surface area contributed by atoms with Crippen molar-refractivity contribution >= 4 is 110 Å². The molecule has 11 amide bonds. The maximum atomic E-state index is 14.7. The highest BCUT2D eigenvalue weighted by atomic mass is 35.5. The largest absolute Gasteiger partial charge is 0.448 e. The number of aryl methyl sites for hydroxylation is 1. The molecule has 9 N–H and O–H groups in total. The van der Waals surface area contributed by atoms with Crippen LogP contribution in [0.4, 0.5) is 36.4 Å². The number of primary amides is 1. The molecule has 6 aromatic rings. The van der Waals surface area contributed by atoms with E-state index in [2.05, 4.69) is 46.9 Å². The van der Waals surface area contributed by atoms with Gasteiger partial charge in [0.05, 0.1) is 56.0 Å². The van der Waals surface area contributed by atoms with Crippen LogP contribution in [0.5, 0.6) is 5.75 Å². The van der Waals surface area contributed by atoms with E-state index in [4.69, 9.17) is 41.0 Å². The maximum Gasteiger partial charge on any atom is 0.415 e. The zero-order chi connectivity index (χ0) is 69.2. The molecule has 3 aromatic carbocycles. The number of ether oxygens (including phenoxy) is 5. The lowest BCUT2D eigenvalue weighted by Crippen LogP contribution is -2.54. The molecule has 512 valence electrons. The summed E-state index contributed by atoms with van der Waals surface area (Å²) in [5, 5.41) is 32.5. The van der Waals surface area contributed by atoms with Crippen molar-refractivity contribution in [3.63, 3.8) is 0 Å². The first-order valence-corrected chi connectivity index (χ1v) is 31.5. The molecule has 0 aliphatic carbocycles. The fraction of sp³-hybridized carbons (Fsp3) is 0.422. The number of fused-ring (bicyclic) bond motifs is 4. The number of hydrogen-bond donors (Lipinski definition) is 8. The lowest BCUT2D eigenvalue weighted by Gasteiger charge is -2.26. The van der Waals surface area contributed by atoms with Crippen LogP contribution in [0, 0.1) is 12.8 Å². The molecule has 0 spiro atoms. The van der Waals surface area contributed by atoms with Crippen LogP contribution in [0.3, 0.4) is 0 Å². The van der Waals surface area contributed by atoms with Gasteiger partial charge in [-0.2, -0.15) is 0 Å². The Kier molecular flexibility index (Phi) is 25.2. The van der Waals surface area contributed by atoms with Gasteiger partial charge >= 0.3 is 24.3 Å². The zero-order valence-corrected chi connectivity index (χ0v) is 54.6. The van der Waals surface area contributed by atoms with Gasteiger partial charge in [0.25, 0.3) is 23.6 Å². The van der Waals surface area contributed by atoms with Crippen LogP contribution >= 0.6 is 11.6 Å². The molecule has 31 nitrogen and oxygen atoms in total. The summed E-state index contributed by atoms with van der Waals surface area (Å²) in [4.78, 5) is 144. The van der Waals surface area contributed by atoms with Crippen LogP contribution in [-0.4, -0.2) is 209 Å². The van der Waals surface area contributed by atoms with E-state index in [1.54, 1.807) is 79.2 Å². The molecular weight excluding hydrogens is 1270 g/mol. The number of carbonyl (C=O) groups is 10. The van der Waals surface area contributed by atoms with Gasteiger partial charge in [-0.3, -0.25) is 33.7 Å². The predicted molar refractivity (Wildman–Crippen MR) is 350 cm³/mol. The fourth-order valence-electron chi connectivity index (χ4n) is 10.6. The van der Waals surface area contributed by atoms with Gasteiger partial charge in [0.15, 0.2) is 5.69 Å². The van der Waals surface area contributed by atoms with E-state index in [9.17, 15) is 53.1 Å². The molecule has 1 unspecified atom stereocenters. The minimum atomic E-state index is -1.18. The number of anilines is 3. The number of imide groups is 1. The smallest absolute Gasteiger partial charge is 0.415 e. The van der Waals surface area contributed by atoms with E-state index in [1.165, 1.54) is 23.0 Å². The van der Waals surface area contributed by atoms with Gasteiger partial charge in [0.2, 0.25) is 11.8 Å². The first kappa shape index (κ1) is 71.6. The number of urea groups is 1. The molecule has 0 bridgehead atoms. The topological polar surface area (TPSA) is 396 Å². The summed E-state index contributed by atoms with van der Waals surface area (Å²) in [6.45, 7) is 6.85. The minimum Gasteiger partial charge on any atom is -0.448 e. The Balaban J connectivity index is 0.888. The van der Waals surface area contributed by atoms with Crippen molar-refractivity contribution in [2.24, 2.45) is 11.7 Å². The van der Waals surface area contributed by atoms with Crippen LogP contribution in [0.2, 0.25) is 0 Å². The second-order valence-electron chi connectivity index (χ2n) is 23.1. The number of H-pyrrole nitrogens is 1. The number of alkyl carbamates (subject to hydrolysis) is 1. The standard InChI is InChI=1S/C64H78ClN15O16/c1-37(2)56(73-62(89)94-27-23-78-52(82)16-17-53(78)83)59(86)71-45(11-8-19-67-61(66)88)57(84)69-43-14-12-40(13-15-43)36-95-63(90)76(5)20-21-77(22-26-93-28-24-81)64(91)96-50-31-49-55(54-38(3)9-7-10-44(50)54)42(32-65)34-79(49)60(87)46-29-41-30-51(68-33-47(41)70-46)72-58(85)48-35-80(75-74-48)39(4)18-25-92-6/h7,9-10,12-17,29-31,33,35,37,39,42,45,56,70,81H,8,11,18-28,32,34,36H2,1-6H3,(H,69,84)(H,71,86)(H,73,89)(H3,66,67,88)(H,68,72,85)/t39?,42-,45+,56+/m1/s1. The van der Waals surface area contributed by atoms with Crippen LogP contribution < -0.4 is 42.0 Å². The lowest BCUT2D eigenvalue weighted by molar-refractivity contribution is -0.137. The van der Waals surface area contributed by atoms with Gasteiger partial charge in [0, 0.05) is 100.0 Å². The van der Waals surface area contributed by atoms with Crippen LogP contribution in [0.1, 0.15) is 89.7 Å². The number of amides is 11. The molecule has 5 heterocycles. The molecule has 3 aromatic heterocycles. The SMILES string of the molecule is COCCC(C)n1cc(C(=O)Nc2cc3cc(C(=O)N4C[C@@H](CCl)c5c4cc(OC(=O)N(CCOCCO)CCN(C)C(=O)OCc4ccc(NC(=O)[C@H](CCCNC(N)=O)NC(=O)[C@@H](NC(=O)OCCN6C(=O)C=CC6=O)C(C)C)cc4)c4cccc(C)c54)[nH]c3cn2)nn1. The predicted octanol–water partition coefficient (Wildman–Crippen LogP) is 5.07. The molecule has 0 radical (unpaired) electrons. The Morgan fingerprint density at radius 1 is 0.875 bits per heavy atom. The van der Waals surface area contributed by atoms with Crippen LogP contribution in [0.15, 0.2) is 85.2 Å². The zero-order valence-electron chi connectivity index (χ0n) is 53.9. The van der Waals surface area contributed by atoms with E-state index < -0.39 is 77.8 Å². The van der Waals surface area contributed by atoms with Gasteiger partial charge in [-0.1, -0.05) is 49.4 Å². The monoisotopic (exact) mass is 1350 g/mol. The van der Waals surface area contributed by atoms with Crippen molar-refractivity contribution in [2.45, 2.75) is 77.6 Å². The van der Waals surface area contributed by atoms with Crippen LogP contribution in [-0.2, 0) is 44.7 Å². The molecule has 2 aliphatic rings. The number of nitrogens with zero attached hydrogens (tertiary/aromatic N) is 8. The van der Waals surface area contributed by atoms with Gasteiger partial charge < -0.3 is 80.8 Å². The van der Waals surface area contributed by atoms with Crippen molar-refractivity contribution in [2.75, 3.05) is 108 Å². The van der Waals surface area contributed by atoms with E-state index in [0.717, 1.165) is 33.6 Å². The number of aliphatic hydroxyl groups is 1. The second kappa shape index (κ2) is 33.7. The van der Waals surface area contributed by atoms with Gasteiger partial charge in [-0.05, 0) is 85.4 Å². The molecule has 32 heteroatoms. The van der Waals surface area contributed by atoms with Crippen LogP contribution in [0.25, 0.3) is 21.7 Å². The van der Waals surface area contributed by atoms with Crippen molar-refractivity contribution in [3.05, 3.63) is 113 Å². The lowest BCUT2D eigenvalue weighted by atomic mass is 9.92. The van der Waals surface area contributed by atoms with Gasteiger partial charge in [-0.15, -0.1) is 16.7 Å². The summed E-state index contributed by atoms with van der Waals surface area (Å²) in [6.07, 6.45) is 3.61. The summed E-state index contributed by atoms with van der Waals surface area (Å²) in [7, 11) is 3.09. The number of methoxy groups -OCH3 is 1. The summed E-state index contributed by atoms with van der Waals surface area (Å²) in [5.74, 6) is -3.68. The Morgan fingerprint density at radius 3 is 2.34 bits per heavy atom. The number of halogens is 1. The van der Waals surface area contributed by atoms with E-state index in [1.807, 2.05) is 32.0 Å². The Hall–Kier alpha value is -10.2. The molecule has 8 rings (SSSR count). The molecule has 0 saturated heterocycles. The van der Waals surface area contributed by atoms with Crippen molar-refractivity contribution < 1.29 is 76.7 Å². The summed E-state index contributed by atoms with van der Waals surface area (Å²) in [6, 6.07) is 13.6. The normalized spacial score (nSPS) is 14.3. The fourth-order valence-corrected chi connectivity index (χ4v) is 10.9. The maximum absolute atomic E-state index is 14.7. The quantitative estimate of drug-likeness (QED) is 0.0155. The number of nitrogens with two attached hydrogens (primary N) is 1. The number of aliphatic hydroxyl groups excluding tert-OH is 1. The number of hydrogen-bond acceptors (Lipinski definition) is 19. The highest BCUT2D eigenvalue weighted by Gasteiger charge is 2.37. The number of alkyl halides is 1. The third-order valence-electron chi connectivity index (χ3n) is 15.9. The van der Waals surface area contributed by atoms with E-state index in [0.29, 0.717) is 46.3 Å². The highest BCUT2D eigenvalue weighted by molar-refractivity contribution is 6.20.